The molecule has 1 saturated heterocycles. The second-order valence-electron chi connectivity index (χ2n) is 4.56. The average Bonchev–Trinajstić information content (AvgIpc) is 2.82. The molecule has 1 atom stereocenters. The number of hydrogen-bond donors (Lipinski definition) is 1. The van der Waals surface area contributed by atoms with Crippen molar-refractivity contribution in [2.75, 3.05) is 19.6 Å². The molecule has 1 unspecified atom stereocenters. The summed E-state index contributed by atoms with van der Waals surface area (Å²) in [7, 11) is 0. The monoisotopic (exact) mass is 255 g/mol. The van der Waals surface area contributed by atoms with Gasteiger partial charge >= 0.3 is 5.97 Å². The summed E-state index contributed by atoms with van der Waals surface area (Å²) in [6.45, 7) is 1.87. The first-order valence-corrected chi connectivity index (χ1v) is 5.98. The lowest BCUT2D eigenvalue weighted by Crippen LogP contribution is -2.30. The Kier molecular flexibility index (Phi) is 3.91. The Morgan fingerprint density at radius 2 is 2.00 bits per heavy atom. The first-order chi connectivity index (χ1) is 8.58. The van der Waals surface area contributed by atoms with Crippen LogP contribution in [0.25, 0.3) is 0 Å². The van der Waals surface area contributed by atoms with Gasteiger partial charge < -0.3 is 10.0 Å². The largest absolute Gasteiger partial charge is 0.481 e. The van der Waals surface area contributed by atoms with E-state index in [0.29, 0.717) is 0 Å². The Bertz CT molecular complexity index is 445. The third-order valence-corrected chi connectivity index (χ3v) is 3.27. The molecule has 0 aliphatic carbocycles. The molecule has 0 saturated carbocycles. The maximum atomic E-state index is 13.6. The van der Waals surface area contributed by atoms with E-state index < -0.39 is 23.5 Å². The van der Waals surface area contributed by atoms with Gasteiger partial charge in [0, 0.05) is 12.1 Å². The van der Waals surface area contributed by atoms with Crippen LogP contribution in [0.1, 0.15) is 24.3 Å². The predicted octanol–water partition coefficient (Wildman–Crippen LogP) is 2.23. The maximum Gasteiger partial charge on any atom is 0.312 e. The molecule has 0 aromatic heterocycles. The van der Waals surface area contributed by atoms with Crippen molar-refractivity contribution in [2.24, 2.45) is 0 Å². The van der Waals surface area contributed by atoms with E-state index >= 15 is 0 Å². The lowest BCUT2D eigenvalue weighted by atomic mass is 9.98. The number of hydrogen-bond acceptors (Lipinski definition) is 2. The Hall–Kier alpha value is -1.49. The van der Waals surface area contributed by atoms with Crippen molar-refractivity contribution < 1.29 is 18.7 Å². The molecule has 0 spiro atoms. The Morgan fingerprint density at radius 3 is 2.61 bits per heavy atom. The summed E-state index contributed by atoms with van der Waals surface area (Å²) in [5, 5.41) is 9.19. The Morgan fingerprint density at radius 1 is 1.33 bits per heavy atom. The Labute approximate surface area is 104 Å². The summed E-state index contributed by atoms with van der Waals surface area (Å²) in [5.41, 5.74) is -0.0746. The van der Waals surface area contributed by atoms with E-state index in [4.69, 9.17) is 0 Å². The van der Waals surface area contributed by atoms with Crippen LogP contribution < -0.4 is 0 Å². The van der Waals surface area contributed by atoms with E-state index in [2.05, 4.69) is 0 Å². The van der Waals surface area contributed by atoms with Gasteiger partial charge in [-0.3, -0.25) is 4.79 Å². The van der Waals surface area contributed by atoms with E-state index in [1.54, 1.807) is 0 Å². The number of rotatable bonds is 4. The van der Waals surface area contributed by atoms with Gasteiger partial charge in [0.1, 0.15) is 11.6 Å². The number of likely N-dealkylation sites (tertiary alicyclic amines) is 1. The summed E-state index contributed by atoms with van der Waals surface area (Å²) < 4.78 is 26.7. The summed E-state index contributed by atoms with van der Waals surface area (Å²) in [5.74, 6) is -3.41. The number of carboxylic acid groups (broad SMARTS) is 1. The van der Waals surface area contributed by atoms with Gasteiger partial charge in [0.15, 0.2) is 0 Å². The third-order valence-electron chi connectivity index (χ3n) is 3.27. The van der Waals surface area contributed by atoms with Crippen molar-refractivity contribution in [2.45, 2.75) is 18.8 Å². The zero-order chi connectivity index (χ0) is 13.1. The fourth-order valence-electron chi connectivity index (χ4n) is 2.31. The quantitative estimate of drug-likeness (QED) is 0.897. The minimum Gasteiger partial charge on any atom is -0.481 e. The minimum atomic E-state index is -1.12. The van der Waals surface area contributed by atoms with E-state index in [-0.39, 0.29) is 12.1 Å². The van der Waals surface area contributed by atoms with Gasteiger partial charge in [0.05, 0.1) is 5.92 Å². The lowest BCUT2D eigenvalue weighted by Gasteiger charge is -2.21. The molecule has 5 heteroatoms. The van der Waals surface area contributed by atoms with Gasteiger partial charge in [-0.05, 0) is 44.1 Å². The molecule has 98 valence electrons. The van der Waals surface area contributed by atoms with Crippen molar-refractivity contribution in [1.82, 2.24) is 4.90 Å². The third kappa shape index (κ3) is 2.85. The molecule has 18 heavy (non-hydrogen) atoms. The van der Waals surface area contributed by atoms with Crippen LogP contribution in [0.2, 0.25) is 0 Å². The smallest absolute Gasteiger partial charge is 0.312 e. The van der Waals surface area contributed by atoms with Gasteiger partial charge in [-0.15, -0.1) is 0 Å². The van der Waals surface area contributed by atoms with Crippen molar-refractivity contribution in [3.8, 4) is 0 Å². The molecule has 1 aromatic rings. The van der Waals surface area contributed by atoms with Gasteiger partial charge in [-0.25, -0.2) is 8.78 Å². The summed E-state index contributed by atoms with van der Waals surface area (Å²) in [4.78, 5) is 13.2. The number of aliphatic carboxylic acids is 1. The highest BCUT2D eigenvalue weighted by atomic mass is 19.1. The minimum absolute atomic E-state index is 0.0746. The standard InChI is InChI=1S/C13H15F2NO2/c14-9-3-4-12(15)10(7-9)11(13(17)18)8-16-5-1-2-6-16/h3-4,7,11H,1-2,5-6,8H2,(H,17,18). The molecule has 0 bridgehead atoms. The molecular formula is C13H15F2NO2. The Balaban J connectivity index is 2.23. The van der Waals surface area contributed by atoms with Crippen LogP contribution in [0, 0.1) is 11.6 Å². The van der Waals surface area contributed by atoms with Crippen LogP contribution >= 0.6 is 0 Å². The van der Waals surface area contributed by atoms with Crippen molar-refractivity contribution in [3.05, 3.63) is 35.4 Å². The number of nitrogens with zero attached hydrogens (tertiary/aromatic N) is 1. The molecule has 1 fully saturated rings. The maximum absolute atomic E-state index is 13.6. The number of carbonyl (C=O) groups is 1. The SMILES string of the molecule is O=C(O)C(CN1CCCC1)c1cc(F)ccc1F. The molecule has 0 radical (unpaired) electrons. The van der Waals surface area contributed by atoms with Gasteiger partial charge in [0.25, 0.3) is 0 Å². The molecule has 3 nitrogen and oxygen atoms in total. The molecule has 1 aromatic carbocycles. The van der Waals surface area contributed by atoms with Crippen LogP contribution in [0.15, 0.2) is 18.2 Å². The molecule has 1 N–H and O–H groups in total. The van der Waals surface area contributed by atoms with E-state index in [9.17, 15) is 18.7 Å². The normalized spacial score (nSPS) is 17.9. The van der Waals surface area contributed by atoms with Crippen LogP contribution in [0.5, 0.6) is 0 Å². The average molecular weight is 255 g/mol. The van der Waals surface area contributed by atoms with Crippen molar-refractivity contribution in [1.29, 1.82) is 0 Å². The lowest BCUT2D eigenvalue weighted by molar-refractivity contribution is -0.139. The summed E-state index contributed by atoms with van der Waals surface area (Å²) >= 11 is 0. The number of carboxylic acids is 1. The van der Waals surface area contributed by atoms with Gasteiger partial charge in [-0.2, -0.15) is 0 Å². The highest BCUT2D eigenvalue weighted by Crippen LogP contribution is 2.23. The highest BCUT2D eigenvalue weighted by molar-refractivity contribution is 5.76. The summed E-state index contributed by atoms with van der Waals surface area (Å²) in [6, 6.07) is 2.95. The number of halogens is 2. The van der Waals surface area contributed by atoms with Crippen LogP contribution in [0.3, 0.4) is 0 Å². The predicted molar refractivity (Wildman–Crippen MR) is 62.4 cm³/mol. The van der Waals surface area contributed by atoms with Gasteiger partial charge in [0.2, 0.25) is 0 Å². The molecule has 1 aliphatic heterocycles. The molecule has 1 aliphatic rings. The van der Waals surface area contributed by atoms with Crippen LogP contribution in [-0.2, 0) is 4.79 Å². The fraction of sp³-hybridized carbons (Fsp3) is 0.462. The zero-order valence-electron chi connectivity index (χ0n) is 9.90. The number of benzene rings is 1. The second kappa shape index (κ2) is 5.44. The zero-order valence-corrected chi connectivity index (χ0v) is 9.90. The van der Waals surface area contributed by atoms with Crippen LogP contribution in [0.4, 0.5) is 8.78 Å². The first kappa shape index (κ1) is 13.0. The fourth-order valence-corrected chi connectivity index (χ4v) is 2.31. The molecule has 2 rings (SSSR count). The first-order valence-electron chi connectivity index (χ1n) is 5.98. The topological polar surface area (TPSA) is 40.5 Å². The van der Waals surface area contributed by atoms with E-state index in [0.717, 1.165) is 44.1 Å². The van der Waals surface area contributed by atoms with E-state index in [1.807, 2.05) is 4.90 Å². The summed E-state index contributed by atoms with van der Waals surface area (Å²) in [6.07, 6.45) is 2.05. The van der Waals surface area contributed by atoms with Crippen molar-refractivity contribution in [3.63, 3.8) is 0 Å². The molecule has 0 amide bonds. The van der Waals surface area contributed by atoms with Gasteiger partial charge in [-0.1, -0.05) is 0 Å². The van der Waals surface area contributed by atoms with E-state index in [1.165, 1.54) is 0 Å². The van der Waals surface area contributed by atoms with Crippen molar-refractivity contribution >= 4 is 5.97 Å². The van der Waals surface area contributed by atoms with Crippen LogP contribution in [-0.4, -0.2) is 35.6 Å². The highest BCUT2D eigenvalue weighted by Gasteiger charge is 2.27. The second-order valence-corrected chi connectivity index (χ2v) is 4.56. The molecular weight excluding hydrogens is 240 g/mol. The molecule has 1 heterocycles.